The van der Waals surface area contributed by atoms with E-state index < -0.39 is 0 Å². The lowest BCUT2D eigenvalue weighted by Crippen LogP contribution is -2.23. The molecule has 0 atom stereocenters. The predicted molar refractivity (Wildman–Crippen MR) is 61.7 cm³/mol. The minimum absolute atomic E-state index is 1.09. The van der Waals surface area contributed by atoms with Gasteiger partial charge in [-0.15, -0.1) is 0 Å². The maximum atomic E-state index is 4.72. The van der Waals surface area contributed by atoms with Crippen LogP contribution in [0.15, 0.2) is 52.7 Å². The van der Waals surface area contributed by atoms with Crippen molar-refractivity contribution in [3.05, 3.63) is 58.3 Å². The van der Waals surface area contributed by atoms with Crippen molar-refractivity contribution in [2.24, 2.45) is 4.99 Å². The van der Waals surface area contributed by atoms with Gasteiger partial charge in [-0.05, 0) is 30.9 Å². The van der Waals surface area contributed by atoms with Crippen LogP contribution in [0.3, 0.4) is 0 Å². The van der Waals surface area contributed by atoms with E-state index in [0.717, 1.165) is 5.36 Å². The van der Waals surface area contributed by atoms with Crippen molar-refractivity contribution in [2.75, 3.05) is 0 Å². The van der Waals surface area contributed by atoms with Crippen LogP contribution >= 0.6 is 0 Å². The van der Waals surface area contributed by atoms with Crippen LogP contribution in [0.25, 0.3) is 6.08 Å². The molecule has 3 rings (SSSR count). The summed E-state index contributed by atoms with van der Waals surface area (Å²) in [4.78, 5) is 4.72. The van der Waals surface area contributed by atoms with Gasteiger partial charge in [-0.2, -0.15) is 0 Å². The quantitative estimate of drug-likeness (QED) is 0.601. The Balaban J connectivity index is 2.29. The molecule has 2 aliphatic rings. The molecule has 0 spiro atoms. The van der Waals surface area contributed by atoms with E-state index in [4.69, 9.17) is 4.99 Å². The third kappa shape index (κ3) is 1.54. The van der Waals surface area contributed by atoms with Crippen molar-refractivity contribution in [3.63, 3.8) is 0 Å². The Kier molecular flexibility index (Phi) is 2.02. The Morgan fingerprint density at radius 3 is 3.00 bits per heavy atom. The molecule has 15 heavy (non-hydrogen) atoms. The highest BCUT2D eigenvalue weighted by Crippen LogP contribution is 2.24. The van der Waals surface area contributed by atoms with E-state index in [1.54, 1.807) is 0 Å². The number of benzene rings is 1. The van der Waals surface area contributed by atoms with Crippen LogP contribution in [0, 0.1) is 0 Å². The molecule has 1 nitrogen and oxygen atoms in total. The lowest BCUT2D eigenvalue weighted by molar-refractivity contribution is 0.795. The van der Waals surface area contributed by atoms with E-state index in [9.17, 15) is 0 Å². The van der Waals surface area contributed by atoms with Gasteiger partial charge in [0.05, 0.1) is 11.1 Å². The number of para-hydroxylation sites is 1. The van der Waals surface area contributed by atoms with Gasteiger partial charge < -0.3 is 0 Å². The second kappa shape index (κ2) is 3.50. The van der Waals surface area contributed by atoms with Crippen LogP contribution in [-0.2, 0) is 0 Å². The van der Waals surface area contributed by atoms with E-state index in [0.29, 0.717) is 0 Å². The van der Waals surface area contributed by atoms with Gasteiger partial charge in [-0.3, -0.25) is 0 Å². The first-order chi connectivity index (χ1) is 7.43. The summed E-state index contributed by atoms with van der Waals surface area (Å²) in [5.74, 6) is 0. The van der Waals surface area contributed by atoms with Crippen molar-refractivity contribution in [2.45, 2.75) is 19.3 Å². The SMILES string of the molecule is C1=C2CCCC=C2N=c2ccccc2=C1. The van der Waals surface area contributed by atoms with Crippen molar-refractivity contribution >= 4 is 6.08 Å². The highest BCUT2D eigenvalue weighted by Gasteiger charge is 2.09. The fraction of sp³-hybridized carbons (Fsp3) is 0.214. The Morgan fingerprint density at radius 1 is 1.07 bits per heavy atom. The summed E-state index contributed by atoms with van der Waals surface area (Å²) in [6.07, 6.45) is 10.2. The van der Waals surface area contributed by atoms with E-state index in [2.05, 4.69) is 36.4 Å². The molecule has 0 N–H and O–H groups in total. The lowest BCUT2D eigenvalue weighted by atomic mass is 9.98. The van der Waals surface area contributed by atoms with Gasteiger partial charge in [0.2, 0.25) is 0 Å². The molecule has 0 aromatic heterocycles. The first-order valence-electron chi connectivity index (χ1n) is 5.49. The molecule has 1 aromatic rings. The minimum atomic E-state index is 1.09. The molecular formula is C14H13N. The smallest absolute Gasteiger partial charge is 0.0709 e. The predicted octanol–water partition coefficient (Wildman–Crippen LogP) is 2.09. The van der Waals surface area contributed by atoms with Gasteiger partial charge in [-0.25, -0.2) is 4.99 Å². The molecule has 1 heteroatoms. The van der Waals surface area contributed by atoms with Crippen molar-refractivity contribution < 1.29 is 0 Å². The zero-order valence-corrected chi connectivity index (χ0v) is 8.61. The third-order valence-electron chi connectivity index (χ3n) is 2.96. The van der Waals surface area contributed by atoms with Gasteiger partial charge in [0, 0.05) is 5.22 Å². The standard InChI is InChI=1S/C14H13N/c1-3-7-13-11(5-1)9-10-12-6-2-4-8-14(12)15-13/h1,3,5,7-10H,2,4,6H2. The summed E-state index contributed by atoms with van der Waals surface area (Å²) in [5.41, 5.74) is 2.57. The molecule has 0 saturated heterocycles. The number of allylic oxidation sites excluding steroid dienone is 3. The molecule has 1 aromatic carbocycles. The Bertz CT molecular complexity index is 561. The van der Waals surface area contributed by atoms with Crippen molar-refractivity contribution in [1.82, 2.24) is 0 Å². The third-order valence-corrected chi connectivity index (χ3v) is 2.96. The summed E-state index contributed by atoms with van der Waals surface area (Å²) < 4.78 is 0. The Hall–Kier alpha value is -1.63. The van der Waals surface area contributed by atoms with Gasteiger partial charge in [0.1, 0.15) is 0 Å². The first kappa shape index (κ1) is 8.66. The molecule has 74 valence electrons. The molecule has 1 aliphatic carbocycles. The number of hydrogen-bond donors (Lipinski definition) is 0. The molecule has 0 bridgehead atoms. The van der Waals surface area contributed by atoms with Gasteiger partial charge >= 0.3 is 0 Å². The summed E-state index contributed by atoms with van der Waals surface area (Å²) in [6.45, 7) is 0. The maximum Gasteiger partial charge on any atom is 0.0709 e. The van der Waals surface area contributed by atoms with Crippen molar-refractivity contribution in [3.8, 4) is 0 Å². The Labute approximate surface area is 89.2 Å². The minimum Gasteiger partial charge on any atom is -0.248 e. The summed E-state index contributed by atoms with van der Waals surface area (Å²) in [5, 5.41) is 2.32. The number of hydrogen-bond acceptors (Lipinski definition) is 1. The molecule has 0 fully saturated rings. The molecule has 1 aliphatic heterocycles. The second-order valence-corrected chi connectivity index (χ2v) is 4.01. The molecule has 1 heterocycles. The van der Waals surface area contributed by atoms with E-state index >= 15 is 0 Å². The van der Waals surface area contributed by atoms with E-state index in [1.165, 1.54) is 35.8 Å². The second-order valence-electron chi connectivity index (χ2n) is 4.01. The number of fused-ring (bicyclic) bond motifs is 2. The fourth-order valence-electron chi connectivity index (χ4n) is 2.13. The van der Waals surface area contributed by atoms with Crippen LogP contribution in [0.5, 0.6) is 0 Å². The largest absolute Gasteiger partial charge is 0.248 e. The molecule has 0 unspecified atom stereocenters. The number of rotatable bonds is 0. The summed E-state index contributed by atoms with van der Waals surface area (Å²) >= 11 is 0. The normalized spacial score (nSPS) is 18.4. The van der Waals surface area contributed by atoms with Crippen LogP contribution in [0.2, 0.25) is 0 Å². The topological polar surface area (TPSA) is 12.4 Å². The lowest BCUT2D eigenvalue weighted by Gasteiger charge is -2.11. The first-order valence-corrected chi connectivity index (χ1v) is 5.49. The molecule has 0 saturated carbocycles. The van der Waals surface area contributed by atoms with Crippen LogP contribution in [-0.4, -0.2) is 0 Å². The average molecular weight is 195 g/mol. The average Bonchev–Trinajstić information content (AvgIpc) is 2.48. The zero-order valence-electron chi connectivity index (χ0n) is 8.61. The molecular weight excluding hydrogens is 182 g/mol. The van der Waals surface area contributed by atoms with E-state index in [-0.39, 0.29) is 0 Å². The maximum absolute atomic E-state index is 4.72. The van der Waals surface area contributed by atoms with Gasteiger partial charge in [0.25, 0.3) is 0 Å². The van der Waals surface area contributed by atoms with Crippen LogP contribution in [0.1, 0.15) is 19.3 Å². The Morgan fingerprint density at radius 2 is 2.00 bits per heavy atom. The molecule has 0 radical (unpaired) electrons. The summed E-state index contributed by atoms with van der Waals surface area (Å²) in [7, 11) is 0. The van der Waals surface area contributed by atoms with Crippen LogP contribution < -0.4 is 10.6 Å². The molecule has 0 amide bonds. The summed E-state index contributed by atoms with van der Waals surface area (Å²) in [6, 6.07) is 8.31. The van der Waals surface area contributed by atoms with Crippen molar-refractivity contribution in [1.29, 1.82) is 0 Å². The van der Waals surface area contributed by atoms with E-state index in [1.807, 2.05) is 6.07 Å². The van der Waals surface area contributed by atoms with Gasteiger partial charge in [-0.1, -0.05) is 36.4 Å². The van der Waals surface area contributed by atoms with Crippen LogP contribution in [0.4, 0.5) is 0 Å². The monoisotopic (exact) mass is 195 g/mol. The zero-order chi connectivity index (χ0) is 10.1. The fourth-order valence-corrected chi connectivity index (χ4v) is 2.13. The number of nitrogens with zero attached hydrogens (tertiary/aromatic N) is 1. The highest BCUT2D eigenvalue weighted by molar-refractivity contribution is 5.48. The van der Waals surface area contributed by atoms with Gasteiger partial charge in [0.15, 0.2) is 0 Å². The highest BCUT2D eigenvalue weighted by atomic mass is 14.7.